The van der Waals surface area contributed by atoms with Crippen molar-refractivity contribution in [2.24, 2.45) is 0 Å². The fourth-order valence-corrected chi connectivity index (χ4v) is 2.04. The third kappa shape index (κ3) is 3.78. The summed E-state index contributed by atoms with van der Waals surface area (Å²) in [5.41, 5.74) is 0.424. The lowest BCUT2D eigenvalue weighted by molar-refractivity contribution is -0.385. The maximum Gasteiger partial charge on any atom is 0.286 e. The second kappa shape index (κ2) is 7.40. The Morgan fingerprint density at radius 3 is 2.62 bits per heavy atom. The number of carbonyl (C=O) groups is 1. The van der Waals surface area contributed by atoms with E-state index in [9.17, 15) is 14.9 Å². The molecule has 1 N–H and O–H groups in total. The summed E-state index contributed by atoms with van der Waals surface area (Å²) in [6.07, 6.45) is 1.59. The molecule has 0 saturated heterocycles. The number of rotatable bonds is 6. The standard InChI is InChI=1S/C16H17N3O5/c1-4-24-14-8-12(19(21)22)11(7-13(14)23-3)16(20)18-15-6-5-10(2)9-17-15/h5-9H,4H2,1-3H3,(H,17,18,20). The maximum atomic E-state index is 12.4. The van der Waals surface area contributed by atoms with E-state index in [0.717, 1.165) is 5.56 Å². The van der Waals surface area contributed by atoms with E-state index in [0.29, 0.717) is 12.4 Å². The van der Waals surface area contributed by atoms with Gasteiger partial charge in [0.2, 0.25) is 0 Å². The summed E-state index contributed by atoms with van der Waals surface area (Å²) in [5, 5.41) is 13.8. The number of carbonyl (C=O) groups excluding carboxylic acids is 1. The lowest BCUT2D eigenvalue weighted by Crippen LogP contribution is -2.15. The molecule has 0 aliphatic heterocycles. The Balaban J connectivity index is 2.41. The number of nitro groups is 1. The molecule has 0 fully saturated rings. The molecule has 0 atom stereocenters. The van der Waals surface area contributed by atoms with Crippen LogP contribution in [0, 0.1) is 17.0 Å². The van der Waals surface area contributed by atoms with Gasteiger partial charge < -0.3 is 14.8 Å². The topological polar surface area (TPSA) is 104 Å². The molecule has 1 aromatic heterocycles. The van der Waals surface area contributed by atoms with Crippen LogP contribution in [0.2, 0.25) is 0 Å². The van der Waals surface area contributed by atoms with Gasteiger partial charge in [0.15, 0.2) is 11.5 Å². The summed E-state index contributed by atoms with van der Waals surface area (Å²) in [6.45, 7) is 3.92. The highest BCUT2D eigenvalue weighted by Crippen LogP contribution is 2.35. The third-order valence-corrected chi connectivity index (χ3v) is 3.18. The molecule has 0 radical (unpaired) electrons. The van der Waals surface area contributed by atoms with Crippen molar-refractivity contribution in [1.29, 1.82) is 0 Å². The van der Waals surface area contributed by atoms with E-state index in [1.165, 1.54) is 19.2 Å². The molecule has 0 unspecified atom stereocenters. The van der Waals surface area contributed by atoms with Crippen LogP contribution < -0.4 is 14.8 Å². The van der Waals surface area contributed by atoms with Gasteiger partial charge in [-0.25, -0.2) is 4.98 Å². The van der Waals surface area contributed by atoms with Crippen LogP contribution in [0.4, 0.5) is 11.5 Å². The van der Waals surface area contributed by atoms with Gasteiger partial charge in [-0.2, -0.15) is 0 Å². The number of hydrogen-bond donors (Lipinski definition) is 1. The quantitative estimate of drug-likeness (QED) is 0.644. The van der Waals surface area contributed by atoms with E-state index >= 15 is 0 Å². The molecule has 126 valence electrons. The number of nitro benzene ring substituents is 1. The Hall–Kier alpha value is -3.16. The Morgan fingerprint density at radius 2 is 2.08 bits per heavy atom. The van der Waals surface area contributed by atoms with Crippen LogP contribution in [-0.2, 0) is 0 Å². The van der Waals surface area contributed by atoms with Gasteiger partial charge in [-0.3, -0.25) is 14.9 Å². The summed E-state index contributed by atoms with van der Waals surface area (Å²) in [7, 11) is 1.40. The first kappa shape index (κ1) is 17.2. The molecule has 1 aromatic carbocycles. The SMILES string of the molecule is CCOc1cc([N+](=O)[O-])c(C(=O)Nc2ccc(C)cn2)cc1OC. The molecule has 0 bridgehead atoms. The third-order valence-electron chi connectivity index (χ3n) is 3.18. The van der Waals surface area contributed by atoms with Crippen molar-refractivity contribution in [3.63, 3.8) is 0 Å². The van der Waals surface area contributed by atoms with E-state index in [2.05, 4.69) is 10.3 Å². The van der Waals surface area contributed by atoms with Crippen LogP contribution in [0.15, 0.2) is 30.5 Å². The molecule has 8 heteroatoms. The van der Waals surface area contributed by atoms with Gasteiger partial charge in [-0.05, 0) is 25.5 Å². The summed E-state index contributed by atoms with van der Waals surface area (Å²) >= 11 is 0. The number of aromatic nitrogens is 1. The number of hydrogen-bond acceptors (Lipinski definition) is 6. The summed E-state index contributed by atoms with van der Waals surface area (Å²) < 4.78 is 10.5. The number of nitrogens with zero attached hydrogens (tertiary/aromatic N) is 2. The average molecular weight is 331 g/mol. The molecule has 1 heterocycles. The number of anilines is 1. The van der Waals surface area contributed by atoms with Gasteiger partial charge in [-0.15, -0.1) is 0 Å². The molecule has 0 aliphatic rings. The van der Waals surface area contributed by atoms with Crippen LogP contribution in [-0.4, -0.2) is 29.5 Å². The van der Waals surface area contributed by atoms with E-state index in [-0.39, 0.29) is 22.7 Å². The number of ether oxygens (including phenoxy) is 2. The molecule has 8 nitrogen and oxygen atoms in total. The van der Waals surface area contributed by atoms with Crippen molar-refractivity contribution in [2.75, 3.05) is 19.0 Å². The highest BCUT2D eigenvalue weighted by molar-refractivity contribution is 6.07. The normalized spacial score (nSPS) is 10.1. The predicted octanol–water partition coefficient (Wildman–Crippen LogP) is 2.96. The molecule has 1 amide bonds. The van der Waals surface area contributed by atoms with Gasteiger partial charge >= 0.3 is 0 Å². The lowest BCUT2D eigenvalue weighted by atomic mass is 10.1. The minimum Gasteiger partial charge on any atom is -0.493 e. The van der Waals surface area contributed by atoms with E-state index in [1.54, 1.807) is 25.3 Å². The molecule has 0 spiro atoms. The van der Waals surface area contributed by atoms with Crippen LogP contribution >= 0.6 is 0 Å². The fourth-order valence-electron chi connectivity index (χ4n) is 2.04. The molecule has 0 saturated carbocycles. The van der Waals surface area contributed by atoms with Crippen molar-refractivity contribution >= 4 is 17.4 Å². The van der Waals surface area contributed by atoms with Crippen molar-refractivity contribution < 1.29 is 19.2 Å². The van der Waals surface area contributed by atoms with E-state index < -0.39 is 10.8 Å². The van der Waals surface area contributed by atoms with E-state index in [1.807, 2.05) is 6.92 Å². The van der Waals surface area contributed by atoms with Crippen molar-refractivity contribution in [3.05, 3.63) is 51.7 Å². The summed E-state index contributed by atoms with van der Waals surface area (Å²) in [5.74, 6) is 0.0910. The number of methoxy groups -OCH3 is 1. The Morgan fingerprint density at radius 1 is 1.33 bits per heavy atom. The number of nitrogens with one attached hydrogen (secondary N) is 1. The molecular weight excluding hydrogens is 314 g/mol. The largest absolute Gasteiger partial charge is 0.493 e. The minimum absolute atomic E-state index is 0.136. The van der Waals surface area contributed by atoms with Gasteiger partial charge in [0.25, 0.3) is 11.6 Å². The number of aryl methyl sites for hydroxylation is 1. The fraction of sp³-hybridized carbons (Fsp3) is 0.250. The second-order valence-electron chi connectivity index (χ2n) is 4.89. The zero-order valence-electron chi connectivity index (χ0n) is 13.5. The summed E-state index contributed by atoms with van der Waals surface area (Å²) in [4.78, 5) is 27.1. The van der Waals surface area contributed by atoms with Crippen molar-refractivity contribution in [3.8, 4) is 11.5 Å². The Bertz CT molecular complexity index is 759. The van der Waals surface area contributed by atoms with E-state index in [4.69, 9.17) is 9.47 Å². The summed E-state index contributed by atoms with van der Waals surface area (Å²) in [6, 6.07) is 5.85. The monoisotopic (exact) mass is 331 g/mol. The Kier molecular flexibility index (Phi) is 5.31. The zero-order valence-corrected chi connectivity index (χ0v) is 13.5. The molecule has 0 aliphatic carbocycles. The first-order valence-electron chi connectivity index (χ1n) is 7.19. The van der Waals surface area contributed by atoms with Crippen molar-refractivity contribution in [2.45, 2.75) is 13.8 Å². The van der Waals surface area contributed by atoms with Gasteiger partial charge in [0.05, 0.1) is 24.7 Å². The maximum absolute atomic E-state index is 12.4. The first-order chi connectivity index (χ1) is 11.5. The zero-order chi connectivity index (χ0) is 17.7. The van der Waals surface area contributed by atoms with Gasteiger partial charge in [0, 0.05) is 12.3 Å². The van der Waals surface area contributed by atoms with Crippen LogP contribution in [0.5, 0.6) is 11.5 Å². The second-order valence-corrected chi connectivity index (χ2v) is 4.89. The molecule has 24 heavy (non-hydrogen) atoms. The number of benzene rings is 1. The number of amides is 1. The highest BCUT2D eigenvalue weighted by atomic mass is 16.6. The highest BCUT2D eigenvalue weighted by Gasteiger charge is 2.25. The number of pyridine rings is 1. The molecule has 2 aromatic rings. The van der Waals surface area contributed by atoms with Crippen LogP contribution in [0.25, 0.3) is 0 Å². The lowest BCUT2D eigenvalue weighted by Gasteiger charge is -2.12. The minimum atomic E-state index is -0.653. The average Bonchev–Trinajstić information content (AvgIpc) is 2.56. The van der Waals surface area contributed by atoms with Crippen LogP contribution in [0.1, 0.15) is 22.8 Å². The Labute approximate surface area is 138 Å². The van der Waals surface area contributed by atoms with Gasteiger partial charge in [-0.1, -0.05) is 6.07 Å². The van der Waals surface area contributed by atoms with Gasteiger partial charge in [0.1, 0.15) is 11.4 Å². The molecule has 2 rings (SSSR count). The van der Waals surface area contributed by atoms with Crippen LogP contribution in [0.3, 0.4) is 0 Å². The van der Waals surface area contributed by atoms with Crippen molar-refractivity contribution in [1.82, 2.24) is 4.98 Å². The predicted molar refractivity (Wildman–Crippen MR) is 87.7 cm³/mol. The molecular formula is C16H17N3O5. The smallest absolute Gasteiger partial charge is 0.286 e. The first-order valence-corrected chi connectivity index (χ1v) is 7.19.